The quantitative estimate of drug-likeness (QED) is 0.683. The standard InChI is InChI=1S/C17H27N2.ClH/c1-3-7-17(8-4-1)9-10-18-11-15-19(16-12-18)13-5-2-6-14-19;/h1,3-4,7-8H,2,5-6,9-16H2;1H/q+1;/p-1. The van der Waals surface area contributed by atoms with Crippen LogP contribution in [-0.2, 0) is 6.42 Å². The van der Waals surface area contributed by atoms with Gasteiger partial charge in [0.05, 0.1) is 26.2 Å². The second-order valence-corrected chi connectivity index (χ2v) is 6.37. The number of piperazine rings is 1. The van der Waals surface area contributed by atoms with Crippen molar-refractivity contribution in [2.75, 3.05) is 45.8 Å². The van der Waals surface area contributed by atoms with Crippen molar-refractivity contribution in [2.45, 2.75) is 25.7 Å². The van der Waals surface area contributed by atoms with Crippen molar-refractivity contribution in [3.05, 3.63) is 35.9 Å². The van der Waals surface area contributed by atoms with E-state index in [1.165, 1.54) is 81.5 Å². The Balaban J connectivity index is 0.00000147. The van der Waals surface area contributed by atoms with E-state index in [1.54, 1.807) is 0 Å². The molecule has 3 rings (SSSR count). The number of nitrogens with zero attached hydrogens (tertiary/aromatic N) is 2. The first-order valence-corrected chi connectivity index (χ1v) is 7.98. The maximum Gasteiger partial charge on any atom is 0.0916 e. The van der Waals surface area contributed by atoms with Gasteiger partial charge in [0.25, 0.3) is 0 Å². The van der Waals surface area contributed by atoms with Crippen LogP contribution in [0.2, 0.25) is 0 Å². The summed E-state index contributed by atoms with van der Waals surface area (Å²) in [6.07, 6.45) is 5.60. The van der Waals surface area contributed by atoms with Gasteiger partial charge in [-0.25, -0.2) is 0 Å². The highest BCUT2D eigenvalue weighted by molar-refractivity contribution is 5.14. The number of piperidine rings is 1. The Morgan fingerprint density at radius 2 is 1.50 bits per heavy atom. The van der Waals surface area contributed by atoms with E-state index in [9.17, 15) is 0 Å². The number of hydrogen-bond acceptors (Lipinski definition) is 1. The smallest absolute Gasteiger partial charge is 0.0916 e. The molecule has 0 aromatic heterocycles. The van der Waals surface area contributed by atoms with Gasteiger partial charge in [-0.05, 0) is 31.2 Å². The largest absolute Gasteiger partial charge is 1.00 e. The fraction of sp³-hybridized carbons (Fsp3) is 0.647. The predicted molar refractivity (Wildman–Crippen MR) is 80.2 cm³/mol. The molecule has 0 bridgehead atoms. The van der Waals surface area contributed by atoms with Gasteiger partial charge in [-0.3, -0.25) is 4.90 Å². The summed E-state index contributed by atoms with van der Waals surface area (Å²) < 4.78 is 1.43. The second kappa shape index (κ2) is 7.44. The van der Waals surface area contributed by atoms with Gasteiger partial charge in [-0.2, -0.15) is 0 Å². The fourth-order valence-corrected chi connectivity index (χ4v) is 3.72. The zero-order valence-corrected chi connectivity index (χ0v) is 13.2. The summed E-state index contributed by atoms with van der Waals surface area (Å²) in [6, 6.07) is 10.9. The van der Waals surface area contributed by atoms with E-state index in [4.69, 9.17) is 0 Å². The summed E-state index contributed by atoms with van der Waals surface area (Å²) in [5.74, 6) is 0. The van der Waals surface area contributed by atoms with Gasteiger partial charge in [0.15, 0.2) is 0 Å². The van der Waals surface area contributed by atoms with Crippen molar-refractivity contribution in [1.82, 2.24) is 4.90 Å². The van der Waals surface area contributed by atoms with E-state index in [1.807, 2.05) is 0 Å². The number of benzene rings is 1. The molecule has 0 N–H and O–H groups in total. The van der Waals surface area contributed by atoms with E-state index in [0.29, 0.717) is 0 Å². The topological polar surface area (TPSA) is 3.24 Å². The Hall–Kier alpha value is -0.570. The molecule has 0 radical (unpaired) electrons. The monoisotopic (exact) mass is 294 g/mol. The maximum absolute atomic E-state index is 2.67. The van der Waals surface area contributed by atoms with Crippen LogP contribution in [0.25, 0.3) is 0 Å². The van der Waals surface area contributed by atoms with Gasteiger partial charge in [0.1, 0.15) is 0 Å². The minimum Gasteiger partial charge on any atom is -1.00 e. The lowest BCUT2D eigenvalue weighted by Crippen LogP contribution is -3.00. The lowest BCUT2D eigenvalue weighted by molar-refractivity contribution is -0.936. The zero-order valence-electron chi connectivity index (χ0n) is 12.4. The molecule has 2 aliphatic heterocycles. The van der Waals surface area contributed by atoms with Crippen LogP contribution in [0.5, 0.6) is 0 Å². The Kier molecular flexibility index (Phi) is 5.88. The molecule has 0 amide bonds. The van der Waals surface area contributed by atoms with E-state index in [2.05, 4.69) is 35.2 Å². The van der Waals surface area contributed by atoms with Crippen LogP contribution in [0.4, 0.5) is 0 Å². The summed E-state index contributed by atoms with van der Waals surface area (Å²) in [5, 5.41) is 0. The molecule has 2 fully saturated rings. The van der Waals surface area contributed by atoms with Gasteiger partial charge >= 0.3 is 0 Å². The Labute approximate surface area is 129 Å². The fourth-order valence-electron chi connectivity index (χ4n) is 3.72. The molecule has 0 saturated carbocycles. The molecule has 0 unspecified atom stereocenters. The molecule has 112 valence electrons. The number of rotatable bonds is 3. The SMILES string of the molecule is [Cl-].c1ccc(CCN2CC[N+]3(CCCCC3)CC2)cc1. The lowest BCUT2D eigenvalue weighted by Gasteiger charge is -2.47. The summed E-state index contributed by atoms with van der Waals surface area (Å²) in [4.78, 5) is 2.67. The Morgan fingerprint density at radius 3 is 2.15 bits per heavy atom. The second-order valence-electron chi connectivity index (χ2n) is 6.37. The number of quaternary nitrogens is 1. The van der Waals surface area contributed by atoms with Crippen molar-refractivity contribution in [1.29, 1.82) is 0 Å². The third kappa shape index (κ3) is 3.97. The van der Waals surface area contributed by atoms with Crippen molar-refractivity contribution < 1.29 is 16.9 Å². The van der Waals surface area contributed by atoms with Crippen LogP contribution in [-0.4, -0.2) is 55.2 Å². The normalized spacial score (nSPS) is 22.4. The Bertz CT molecular complexity index is 377. The molecule has 2 aliphatic rings. The first-order valence-electron chi connectivity index (χ1n) is 7.98. The van der Waals surface area contributed by atoms with Crippen LogP contribution in [0.3, 0.4) is 0 Å². The number of halogens is 1. The molecule has 0 atom stereocenters. The van der Waals surface area contributed by atoms with Crippen molar-refractivity contribution >= 4 is 0 Å². The van der Waals surface area contributed by atoms with Crippen LogP contribution >= 0.6 is 0 Å². The predicted octanol–water partition coefficient (Wildman–Crippen LogP) is -0.451. The molecular formula is C17H27ClN2. The lowest BCUT2D eigenvalue weighted by atomic mass is 10.1. The third-order valence-corrected chi connectivity index (χ3v) is 5.11. The minimum atomic E-state index is 0. The van der Waals surface area contributed by atoms with Gasteiger partial charge in [0.2, 0.25) is 0 Å². The summed E-state index contributed by atoms with van der Waals surface area (Å²) in [5.41, 5.74) is 1.48. The highest BCUT2D eigenvalue weighted by Crippen LogP contribution is 2.21. The molecule has 2 heterocycles. The summed E-state index contributed by atoms with van der Waals surface area (Å²) in [7, 11) is 0. The average molecular weight is 295 g/mol. The average Bonchev–Trinajstić information content (AvgIpc) is 2.49. The molecule has 20 heavy (non-hydrogen) atoms. The molecule has 1 aromatic rings. The first kappa shape index (κ1) is 15.8. The van der Waals surface area contributed by atoms with Gasteiger partial charge < -0.3 is 16.9 Å². The Morgan fingerprint density at radius 1 is 0.850 bits per heavy atom. The molecular weight excluding hydrogens is 268 g/mol. The molecule has 2 nitrogen and oxygen atoms in total. The highest BCUT2D eigenvalue weighted by atomic mass is 35.5. The van der Waals surface area contributed by atoms with Crippen molar-refractivity contribution in [3.8, 4) is 0 Å². The first-order chi connectivity index (χ1) is 9.36. The van der Waals surface area contributed by atoms with E-state index in [0.717, 1.165) is 0 Å². The van der Waals surface area contributed by atoms with Gasteiger partial charge in [-0.15, -0.1) is 0 Å². The van der Waals surface area contributed by atoms with E-state index >= 15 is 0 Å². The van der Waals surface area contributed by atoms with Crippen LogP contribution in [0, 0.1) is 0 Å². The third-order valence-electron chi connectivity index (χ3n) is 5.11. The van der Waals surface area contributed by atoms with Crippen LogP contribution < -0.4 is 12.4 Å². The molecule has 1 aromatic carbocycles. The maximum atomic E-state index is 2.67. The minimum absolute atomic E-state index is 0. The molecule has 2 saturated heterocycles. The summed E-state index contributed by atoms with van der Waals surface area (Å²) in [6.45, 7) is 9.56. The van der Waals surface area contributed by atoms with E-state index < -0.39 is 0 Å². The van der Waals surface area contributed by atoms with Crippen LogP contribution in [0.1, 0.15) is 24.8 Å². The highest BCUT2D eigenvalue weighted by Gasteiger charge is 2.33. The zero-order chi connectivity index (χ0) is 13.0. The van der Waals surface area contributed by atoms with Crippen molar-refractivity contribution in [2.24, 2.45) is 0 Å². The summed E-state index contributed by atoms with van der Waals surface area (Å²) >= 11 is 0. The van der Waals surface area contributed by atoms with Gasteiger partial charge in [0, 0.05) is 19.6 Å². The van der Waals surface area contributed by atoms with E-state index in [-0.39, 0.29) is 12.4 Å². The molecule has 3 heteroatoms. The molecule has 1 spiro atoms. The van der Waals surface area contributed by atoms with Crippen LogP contribution in [0.15, 0.2) is 30.3 Å². The van der Waals surface area contributed by atoms with Crippen molar-refractivity contribution in [3.63, 3.8) is 0 Å². The number of hydrogen-bond donors (Lipinski definition) is 0. The molecule has 0 aliphatic carbocycles. The van der Waals surface area contributed by atoms with Gasteiger partial charge in [-0.1, -0.05) is 30.3 Å².